The number of hydrogen-bond donors (Lipinski definition) is 3. The number of nitrogens with two attached hydrogens (primary N) is 1. The van der Waals surface area contributed by atoms with Gasteiger partial charge in [0, 0.05) is 6.42 Å². The molecule has 72 valence electrons. The molecule has 0 unspecified atom stereocenters. The van der Waals surface area contributed by atoms with Crippen molar-refractivity contribution in [2.45, 2.75) is 19.4 Å². The van der Waals surface area contributed by atoms with Crippen LogP contribution < -0.4 is 5.73 Å². The second kappa shape index (κ2) is 3.44. The Morgan fingerprint density at radius 3 is 2.85 bits per heavy atom. The first kappa shape index (κ1) is 9.53. The maximum absolute atomic E-state index is 10.4. The van der Waals surface area contributed by atoms with E-state index < -0.39 is 12.0 Å². The summed E-state index contributed by atoms with van der Waals surface area (Å²) in [5.41, 5.74) is 6.44. The largest absolute Gasteiger partial charge is 0.480 e. The minimum absolute atomic E-state index is 0.0671. The summed E-state index contributed by atoms with van der Waals surface area (Å²) in [6.07, 6.45) is 1.52. The van der Waals surface area contributed by atoms with E-state index in [1.807, 2.05) is 0 Å². The molecule has 1 rings (SSSR count). The minimum atomic E-state index is -1.10. The third-order valence-corrected chi connectivity index (χ3v) is 1.79. The Morgan fingerprint density at radius 1 is 1.85 bits per heavy atom. The van der Waals surface area contributed by atoms with E-state index >= 15 is 0 Å². The highest BCUT2D eigenvalue weighted by molar-refractivity contribution is 5.73. The van der Waals surface area contributed by atoms with Crippen molar-refractivity contribution >= 4 is 5.97 Å². The summed E-state index contributed by atoms with van der Waals surface area (Å²) < 4.78 is 0. The molecule has 0 aliphatic heterocycles. The molecule has 6 nitrogen and oxygen atoms in total. The molecule has 0 saturated heterocycles. The van der Waals surface area contributed by atoms with Crippen molar-refractivity contribution in [2.24, 2.45) is 5.73 Å². The molecule has 6 heteroatoms. The van der Waals surface area contributed by atoms with Crippen LogP contribution in [-0.4, -0.2) is 32.3 Å². The molecule has 4 N–H and O–H groups in total. The number of aryl methyl sites for hydroxylation is 1. The molecule has 0 spiro atoms. The number of carbonyl (C=O) groups is 1. The van der Waals surface area contributed by atoms with Gasteiger partial charge in [0.05, 0.1) is 11.9 Å². The molecular formula is C7H11N3O3. The fourth-order valence-corrected chi connectivity index (χ4v) is 0.981. The van der Waals surface area contributed by atoms with Gasteiger partial charge in [0.1, 0.15) is 6.04 Å². The van der Waals surface area contributed by atoms with Gasteiger partial charge < -0.3 is 16.0 Å². The average molecular weight is 185 g/mol. The summed E-state index contributed by atoms with van der Waals surface area (Å²) >= 11 is 0. The van der Waals surface area contributed by atoms with E-state index in [2.05, 4.69) is 5.10 Å². The number of nitrogens with zero attached hydrogens (tertiary/aromatic N) is 2. The number of rotatable bonds is 3. The number of hydrogen-bond acceptors (Lipinski definition) is 4. The lowest BCUT2D eigenvalue weighted by atomic mass is 10.1. The summed E-state index contributed by atoms with van der Waals surface area (Å²) in [6.45, 7) is 1.73. The molecule has 0 aromatic carbocycles. The Labute approximate surface area is 74.5 Å². The summed E-state index contributed by atoms with van der Waals surface area (Å²) in [4.78, 5) is 11.1. The zero-order chi connectivity index (χ0) is 10.0. The lowest BCUT2D eigenvalue weighted by Gasteiger charge is -2.06. The molecule has 0 aliphatic rings. The fourth-order valence-electron chi connectivity index (χ4n) is 0.981. The van der Waals surface area contributed by atoms with Crippen LogP contribution in [0.1, 0.15) is 11.3 Å². The number of aromatic nitrogens is 2. The van der Waals surface area contributed by atoms with Crippen LogP contribution in [0.3, 0.4) is 0 Å². The Hall–Kier alpha value is -1.56. The van der Waals surface area contributed by atoms with Gasteiger partial charge in [-0.25, -0.2) is 0 Å². The first-order valence-electron chi connectivity index (χ1n) is 3.73. The van der Waals surface area contributed by atoms with E-state index in [0.717, 1.165) is 5.56 Å². The highest BCUT2D eigenvalue weighted by Gasteiger charge is 2.16. The van der Waals surface area contributed by atoms with Crippen molar-refractivity contribution < 1.29 is 15.1 Å². The van der Waals surface area contributed by atoms with Gasteiger partial charge in [0.25, 0.3) is 0 Å². The molecule has 1 aromatic heterocycles. The van der Waals surface area contributed by atoms with E-state index in [4.69, 9.17) is 16.0 Å². The van der Waals surface area contributed by atoms with Gasteiger partial charge in [-0.2, -0.15) is 0 Å². The topological polar surface area (TPSA) is 101 Å². The summed E-state index contributed by atoms with van der Waals surface area (Å²) in [6, 6.07) is -1.01. The number of aliphatic carboxylic acids is 1. The second-order valence-corrected chi connectivity index (χ2v) is 2.81. The Balaban J connectivity index is 2.79. The Bertz CT molecular complexity index is 301. The monoisotopic (exact) mass is 185 g/mol. The SMILES string of the molecule is Cc1cnn(O)c1C[C@H](N)C(=O)O. The highest BCUT2D eigenvalue weighted by Crippen LogP contribution is 2.07. The van der Waals surface area contributed by atoms with Gasteiger partial charge >= 0.3 is 5.97 Å². The van der Waals surface area contributed by atoms with Gasteiger partial charge in [-0.15, -0.1) is 9.94 Å². The van der Waals surface area contributed by atoms with E-state index in [1.54, 1.807) is 6.92 Å². The molecule has 0 saturated carbocycles. The van der Waals surface area contributed by atoms with Crippen LogP contribution in [0.2, 0.25) is 0 Å². The van der Waals surface area contributed by atoms with Crippen LogP contribution in [0.15, 0.2) is 6.20 Å². The van der Waals surface area contributed by atoms with Crippen molar-refractivity contribution in [1.82, 2.24) is 9.94 Å². The third-order valence-electron chi connectivity index (χ3n) is 1.79. The Kier molecular flexibility index (Phi) is 2.52. The molecule has 0 amide bonds. The third kappa shape index (κ3) is 1.97. The zero-order valence-electron chi connectivity index (χ0n) is 7.14. The molecule has 1 aromatic rings. The van der Waals surface area contributed by atoms with Crippen LogP contribution in [0.25, 0.3) is 0 Å². The highest BCUT2D eigenvalue weighted by atomic mass is 16.5. The van der Waals surface area contributed by atoms with Crippen molar-refractivity contribution in [3.63, 3.8) is 0 Å². The predicted octanol–water partition coefficient (Wildman–Crippen LogP) is -0.617. The van der Waals surface area contributed by atoms with E-state index in [1.165, 1.54) is 6.20 Å². The van der Waals surface area contributed by atoms with Crippen LogP contribution in [0, 0.1) is 6.92 Å². The molecule has 0 bridgehead atoms. The van der Waals surface area contributed by atoms with E-state index in [-0.39, 0.29) is 6.42 Å². The van der Waals surface area contributed by atoms with Gasteiger partial charge in [0.15, 0.2) is 0 Å². The van der Waals surface area contributed by atoms with Crippen LogP contribution in [0.5, 0.6) is 0 Å². The molecule has 1 heterocycles. The normalized spacial score (nSPS) is 12.8. The fraction of sp³-hybridized carbons (Fsp3) is 0.429. The maximum Gasteiger partial charge on any atom is 0.320 e. The van der Waals surface area contributed by atoms with Gasteiger partial charge in [0.2, 0.25) is 0 Å². The standard InChI is InChI=1S/C7H11N3O3/c1-4-3-9-10(13)6(4)2-5(8)7(11)12/h3,5,13H,2,8H2,1H3,(H,11,12)/t5-/m0/s1. The number of carboxylic acids is 1. The van der Waals surface area contributed by atoms with Crippen molar-refractivity contribution in [2.75, 3.05) is 0 Å². The molecule has 0 aliphatic carbocycles. The quantitative estimate of drug-likeness (QED) is 0.545. The van der Waals surface area contributed by atoms with Crippen molar-refractivity contribution in [3.05, 3.63) is 17.5 Å². The van der Waals surface area contributed by atoms with Gasteiger partial charge in [-0.1, -0.05) is 0 Å². The van der Waals surface area contributed by atoms with Crippen LogP contribution in [0.4, 0.5) is 0 Å². The summed E-state index contributed by atoms with van der Waals surface area (Å²) in [7, 11) is 0. The lowest BCUT2D eigenvalue weighted by Crippen LogP contribution is -2.33. The molecule has 0 fully saturated rings. The van der Waals surface area contributed by atoms with Crippen LogP contribution >= 0.6 is 0 Å². The van der Waals surface area contributed by atoms with Crippen LogP contribution in [-0.2, 0) is 11.2 Å². The zero-order valence-corrected chi connectivity index (χ0v) is 7.14. The van der Waals surface area contributed by atoms with E-state index in [9.17, 15) is 4.79 Å². The second-order valence-electron chi connectivity index (χ2n) is 2.81. The predicted molar refractivity (Wildman–Crippen MR) is 43.5 cm³/mol. The number of carboxylic acid groups (broad SMARTS) is 1. The van der Waals surface area contributed by atoms with Crippen molar-refractivity contribution in [3.8, 4) is 0 Å². The first-order chi connectivity index (χ1) is 6.02. The first-order valence-corrected chi connectivity index (χ1v) is 3.73. The minimum Gasteiger partial charge on any atom is -0.480 e. The molecular weight excluding hydrogens is 174 g/mol. The molecule has 1 atom stereocenters. The van der Waals surface area contributed by atoms with E-state index in [0.29, 0.717) is 10.5 Å². The van der Waals surface area contributed by atoms with Gasteiger partial charge in [-0.3, -0.25) is 4.79 Å². The molecule has 0 radical (unpaired) electrons. The average Bonchev–Trinajstić information content (AvgIpc) is 2.35. The molecule has 13 heavy (non-hydrogen) atoms. The summed E-state index contributed by atoms with van der Waals surface area (Å²) in [5.74, 6) is -1.10. The maximum atomic E-state index is 10.4. The smallest absolute Gasteiger partial charge is 0.320 e. The lowest BCUT2D eigenvalue weighted by molar-refractivity contribution is -0.138. The summed E-state index contributed by atoms with van der Waals surface area (Å²) in [5, 5.41) is 21.2. The van der Waals surface area contributed by atoms with Gasteiger partial charge in [-0.05, 0) is 12.5 Å². The Morgan fingerprint density at radius 2 is 2.46 bits per heavy atom. The van der Waals surface area contributed by atoms with Crippen molar-refractivity contribution in [1.29, 1.82) is 0 Å².